The van der Waals surface area contributed by atoms with Crippen LogP contribution in [-0.4, -0.2) is 37.1 Å². The average molecular weight is 493 g/mol. The highest BCUT2D eigenvalue weighted by atomic mass is 35.5. The lowest BCUT2D eigenvalue weighted by atomic mass is 10.0. The van der Waals surface area contributed by atoms with E-state index >= 15 is 0 Å². The number of hydrogen-bond donors (Lipinski definition) is 2. The molecule has 0 saturated carbocycles. The Morgan fingerprint density at radius 2 is 1.77 bits per heavy atom. The van der Waals surface area contributed by atoms with Gasteiger partial charge in [-0.05, 0) is 55.8 Å². The van der Waals surface area contributed by atoms with Crippen LogP contribution in [0.25, 0.3) is 11.4 Å². The van der Waals surface area contributed by atoms with E-state index in [1.54, 1.807) is 36.7 Å². The molecule has 10 heteroatoms. The van der Waals surface area contributed by atoms with Gasteiger partial charge in [0, 0.05) is 16.8 Å². The Labute approximate surface area is 206 Å². The van der Waals surface area contributed by atoms with Gasteiger partial charge in [-0.3, -0.25) is 19.9 Å². The molecule has 0 aliphatic rings. The first-order chi connectivity index (χ1) is 16.7. The van der Waals surface area contributed by atoms with Gasteiger partial charge in [0.25, 0.3) is 11.8 Å². The summed E-state index contributed by atoms with van der Waals surface area (Å²) >= 11 is 5.93. The molecule has 2 aromatic carbocycles. The molecule has 0 unspecified atom stereocenters. The molecule has 2 amide bonds. The molecule has 0 spiro atoms. The molecule has 0 aliphatic carbocycles. The van der Waals surface area contributed by atoms with Crippen molar-refractivity contribution < 1.29 is 14.0 Å². The summed E-state index contributed by atoms with van der Waals surface area (Å²) in [5.41, 5.74) is 0.375. The van der Waals surface area contributed by atoms with Crippen LogP contribution in [0, 0.1) is 5.82 Å². The van der Waals surface area contributed by atoms with E-state index in [0.29, 0.717) is 23.0 Å². The fraction of sp³-hybridized carbons (Fsp3) is 0.160. The van der Waals surface area contributed by atoms with Crippen LogP contribution in [0.2, 0.25) is 5.02 Å². The summed E-state index contributed by atoms with van der Waals surface area (Å²) in [5, 5.41) is 10.1. The van der Waals surface area contributed by atoms with Crippen molar-refractivity contribution in [2.24, 2.45) is 0 Å². The smallest absolute Gasteiger partial charge is 0.270 e. The number of rotatable bonds is 7. The van der Waals surface area contributed by atoms with Gasteiger partial charge in [-0.1, -0.05) is 41.9 Å². The number of carbonyl (C=O) groups is 2. The molecule has 0 bridgehead atoms. The van der Waals surface area contributed by atoms with E-state index < -0.39 is 17.4 Å². The van der Waals surface area contributed by atoms with Crippen molar-refractivity contribution in [3.63, 3.8) is 0 Å². The molecule has 0 radical (unpaired) electrons. The number of pyridine rings is 1. The summed E-state index contributed by atoms with van der Waals surface area (Å²) in [6.45, 7) is 3.48. The molecule has 35 heavy (non-hydrogen) atoms. The van der Waals surface area contributed by atoms with E-state index in [0.717, 1.165) is 5.56 Å². The first-order valence-electron chi connectivity index (χ1n) is 10.7. The van der Waals surface area contributed by atoms with Gasteiger partial charge in [-0.15, -0.1) is 5.10 Å². The lowest BCUT2D eigenvalue weighted by Crippen LogP contribution is -2.52. The number of anilines is 1. The number of amides is 2. The molecule has 0 fully saturated rings. The summed E-state index contributed by atoms with van der Waals surface area (Å²) in [6, 6.07) is 18.4. The Kier molecular flexibility index (Phi) is 6.88. The second kappa shape index (κ2) is 10.0. The second-order valence-electron chi connectivity index (χ2n) is 8.30. The third kappa shape index (κ3) is 5.88. The van der Waals surface area contributed by atoms with Crippen LogP contribution in [0.1, 0.15) is 29.9 Å². The van der Waals surface area contributed by atoms with Crippen LogP contribution in [0.3, 0.4) is 0 Å². The molecule has 2 aromatic heterocycles. The first kappa shape index (κ1) is 24.0. The van der Waals surface area contributed by atoms with E-state index in [9.17, 15) is 14.0 Å². The minimum atomic E-state index is -1.32. The van der Waals surface area contributed by atoms with Gasteiger partial charge in [0.15, 0.2) is 5.82 Å². The molecular weight excluding hydrogens is 471 g/mol. The number of carbonyl (C=O) groups excluding carboxylic acids is 2. The Bertz CT molecular complexity index is 1360. The summed E-state index contributed by atoms with van der Waals surface area (Å²) in [6.07, 6.45) is 1.41. The SMILES string of the molecule is CC(C)(NC(=O)c1cc(Cl)ccn1)C(=O)Nc1nc(-c2ccc(F)cc2)n(Cc2ccccc2)n1. The van der Waals surface area contributed by atoms with E-state index in [-0.39, 0.29) is 17.5 Å². The lowest BCUT2D eigenvalue weighted by molar-refractivity contribution is -0.121. The van der Waals surface area contributed by atoms with Crippen LogP contribution in [0.15, 0.2) is 72.9 Å². The number of benzene rings is 2. The average Bonchev–Trinajstić information content (AvgIpc) is 3.21. The summed E-state index contributed by atoms with van der Waals surface area (Å²) in [4.78, 5) is 34.0. The van der Waals surface area contributed by atoms with Crippen molar-refractivity contribution in [1.29, 1.82) is 0 Å². The molecular formula is C25H22ClFN6O2. The number of hydrogen-bond acceptors (Lipinski definition) is 5. The fourth-order valence-corrected chi connectivity index (χ4v) is 3.43. The maximum atomic E-state index is 13.5. The molecule has 4 aromatic rings. The van der Waals surface area contributed by atoms with Gasteiger partial charge in [0.1, 0.15) is 17.1 Å². The molecule has 0 saturated heterocycles. The highest BCUT2D eigenvalue weighted by molar-refractivity contribution is 6.30. The van der Waals surface area contributed by atoms with Crippen LogP contribution in [-0.2, 0) is 11.3 Å². The first-order valence-corrected chi connectivity index (χ1v) is 11.1. The van der Waals surface area contributed by atoms with Crippen molar-refractivity contribution in [1.82, 2.24) is 25.1 Å². The minimum absolute atomic E-state index is 0.0495. The Morgan fingerprint density at radius 1 is 1.06 bits per heavy atom. The Balaban J connectivity index is 1.56. The quantitative estimate of drug-likeness (QED) is 0.400. The largest absolute Gasteiger partial charge is 0.337 e. The monoisotopic (exact) mass is 492 g/mol. The van der Waals surface area contributed by atoms with Crippen LogP contribution < -0.4 is 10.6 Å². The third-order valence-electron chi connectivity index (χ3n) is 5.12. The normalized spacial score (nSPS) is 11.2. The standard InChI is InChI=1S/C25H22ClFN6O2/c1-25(2,31-22(34)20-14-18(26)12-13-28-20)23(35)30-24-29-21(17-8-10-19(27)11-9-17)33(32-24)15-16-6-4-3-5-7-16/h3-14H,15H2,1-2H3,(H,31,34)(H,30,32,35). The summed E-state index contributed by atoms with van der Waals surface area (Å²) in [5.74, 6) is -0.955. The molecule has 8 nitrogen and oxygen atoms in total. The minimum Gasteiger partial charge on any atom is -0.337 e. The van der Waals surface area contributed by atoms with Crippen LogP contribution in [0.4, 0.5) is 10.3 Å². The maximum Gasteiger partial charge on any atom is 0.270 e. The predicted molar refractivity (Wildman–Crippen MR) is 130 cm³/mol. The van der Waals surface area contributed by atoms with E-state index in [2.05, 4.69) is 25.7 Å². The molecule has 0 atom stereocenters. The Morgan fingerprint density at radius 3 is 2.46 bits per heavy atom. The fourth-order valence-electron chi connectivity index (χ4n) is 3.27. The van der Waals surface area contributed by atoms with E-state index in [1.807, 2.05) is 30.3 Å². The van der Waals surface area contributed by atoms with Gasteiger partial charge < -0.3 is 5.32 Å². The number of aromatic nitrogens is 4. The number of halogens is 2. The second-order valence-corrected chi connectivity index (χ2v) is 8.74. The van der Waals surface area contributed by atoms with Crippen molar-refractivity contribution >= 4 is 29.4 Å². The van der Waals surface area contributed by atoms with Gasteiger partial charge in [-0.25, -0.2) is 9.07 Å². The molecule has 2 N–H and O–H groups in total. The molecule has 2 heterocycles. The Hall–Kier alpha value is -4.11. The molecule has 178 valence electrons. The number of nitrogens with zero attached hydrogens (tertiary/aromatic N) is 4. The van der Waals surface area contributed by atoms with Gasteiger partial charge in [0.2, 0.25) is 5.95 Å². The predicted octanol–water partition coefficient (Wildman–Crippen LogP) is 4.33. The van der Waals surface area contributed by atoms with Crippen molar-refractivity contribution in [3.05, 3.63) is 95.0 Å². The van der Waals surface area contributed by atoms with Crippen LogP contribution >= 0.6 is 11.6 Å². The van der Waals surface area contributed by atoms with Crippen LogP contribution in [0.5, 0.6) is 0 Å². The third-order valence-corrected chi connectivity index (χ3v) is 5.36. The van der Waals surface area contributed by atoms with Gasteiger partial charge in [-0.2, -0.15) is 4.98 Å². The highest BCUT2D eigenvalue weighted by Crippen LogP contribution is 2.21. The summed E-state index contributed by atoms with van der Waals surface area (Å²) < 4.78 is 15.1. The zero-order valence-corrected chi connectivity index (χ0v) is 19.8. The van der Waals surface area contributed by atoms with Crippen molar-refractivity contribution in [2.75, 3.05) is 5.32 Å². The maximum absolute atomic E-state index is 13.5. The van der Waals surface area contributed by atoms with Crippen molar-refractivity contribution in [3.8, 4) is 11.4 Å². The van der Waals surface area contributed by atoms with E-state index in [1.165, 1.54) is 24.4 Å². The van der Waals surface area contributed by atoms with Gasteiger partial charge in [0.05, 0.1) is 6.54 Å². The zero-order valence-electron chi connectivity index (χ0n) is 19.0. The summed E-state index contributed by atoms with van der Waals surface area (Å²) in [7, 11) is 0. The molecule has 4 rings (SSSR count). The number of nitrogens with one attached hydrogen (secondary N) is 2. The van der Waals surface area contributed by atoms with Gasteiger partial charge >= 0.3 is 0 Å². The lowest BCUT2D eigenvalue weighted by Gasteiger charge is -2.24. The topological polar surface area (TPSA) is 102 Å². The zero-order chi connectivity index (χ0) is 25.0. The molecule has 0 aliphatic heterocycles. The highest BCUT2D eigenvalue weighted by Gasteiger charge is 2.31. The van der Waals surface area contributed by atoms with Crippen molar-refractivity contribution in [2.45, 2.75) is 25.9 Å². The van der Waals surface area contributed by atoms with E-state index in [4.69, 9.17) is 11.6 Å².